The maximum Gasteiger partial charge on any atom is 0.225 e. The second-order valence-corrected chi connectivity index (χ2v) is 5.21. The molecule has 0 aliphatic carbocycles. The SMILES string of the molecule is NC(=O)C1(CNc2ccc3nccnc3n2)CCOCC1. The molecule has 2 aromatic heterocycles. The highest BCUT2D eigenvalue weighted by atomic mass is 16.5. The lowest BCUT2D eigenvalue weighted by Crippen LogP contribution is -2.46. The van der Waals surface area contributed by atoms with Crippen molar-refractivity contribution in [1.29, 1.82) is 0 Å². The van der Waals surface area contributed by atoms with Gasteiger partial charge in [-0.3, -0.25) is 9.78 Å². The van der Waals surface area contributed by atoms with Gasteiger partial charge >= 0.3 is 0 Å². The number of carbonyl (C=O) groups is 1. The van der Waals surface area contributed by atoms with Gasteiger partial charge in [-0.1, -0.05) is 0 Å². The highest BCUT2D eigenvalue weighted by Crippen LogP contribution is 2.30. The van der Waals surface area contributed by atoms with E-state index in [0.717, 1.165) is 5.52 Å². The molecule has 110 valence electrons. The number of hydrogen-bond acceptors (Lipinski definition) is 6. The normalized spacial score (nSPS) is 17.5. The zero-order chi connectivity index (χ0) is 14.7. The van der Waals surface area contributed by atoms with Gasteiger partial charge in [0.15, 0.2) is 5.65 Å². The standard InChI is InChI=1S/C14H17N5O2/c15-13(20)14(3-7-21-8-4-14)9-18-11-2-1-10-12(19-11)17-6-5-16-10/h1-2,5-6H,3-4,7-9H2,(H2,15,20)(H,17,18,19). The van der Waals surface area contributed by atoms with E-state index in [1.54, 1.807) is 12.4 Å². The molecule has 1 aliphatic rings. The van der Waals surface area contributed by atoms with Crippen LogP contribution in [0.1, 0.15) is 12.8 Å². The van der Waals surface area contributed by atoms with E-state index in [2.05, 4.69) is 20.3 Å². The van der Waals surface area contributed by atoms with Crippen LogP contribution in [-0.2, 0) is 9.53 Å². The molecule has 3 rings (SSSR count). The Hall–Kier alpha value is -2.28. The highest BCUT2D eigenvalue weighted by molar-refractivity contribution is 5.81. The predicted octanol–water partition coefficient (Wildman–Crippen LogP) is 0.719. The maximum absolute atomic E-state index is 11.8. The molecular formula is C14H17N5O2. The van der Waals surface area contributed by atoms with Crippen molar-refractivity contribution in [2.24, 2.45) is 11.1 Å². The first-order valence-electron chi connectivity index (χ1n) is 6.89. The van der Waals surface area contributed by atoms with Crippen molar-refractivity contribution in [1.82, 2.24) is 15.0 Å². The first-order chi connectivity index (χ1) is 10.2. The van der Waals surface area contributed by atoms with Gasteiger partial charge in [0.05, 0.1) is 5.41 Å². The number of ether oxygens (including phenoxy) is 1. The molecular weight excluding hydrogens is 270 g/mol. The van der Waals surface area contributed by atoms with Gasteiger partial charge in [-0.25, -0.2) is 9.97 Å². The fourth-order valence-electron chi connectivity index (χ4n) is 2.49. The minimum absolute atomic E-state index is 0.293. The van der Waals surface area contributed by atoms with Crippen molar-refractivity contribution in [3.63, 3.8) is 0 Å². The third-order valence-corrected chi connectivity index (χ3v) is 3.91. The molecule has 0 bridgehead atoms. The van der Waals surface area contributed by atoms with Crippen molar-refractivity contribution in [3.8, 4) is 0 Å². The smallest absolute Gasteiger partial charge is 0.225 e. The summed E-state index contributed by atoms with van der Waals surface area (Å²) in [7, 11) is 0. The Morgan fingerprint density at radius 1 is 1.29 bits per heavy atom. The number of primary amides is 1. The van der Waals surface area contributed by atoms with Crippen LogP contribution in [0, 0.1) is 5.41 Å². The van der Waals surface area contributed by atoms with Gasteiger partial charge in [-0.05, 0) is 25.0 Å². The molecule has 2 aromatic rings. The van der Waals surface area contributed by atoms with Crippen LogP contribution in [0.3, 0.4) is 0 Å². The summed E-state index contributed by atoms with van der Waals surface area (Å²) in [5.74, 6) is 0.369. The lowest BCUT2D eigenvalue weighted by molar-refractivity contribution is -0.132. The van der Waals surface area contributed by atoms with E-state index < -0.39 is 5.41 Å². The van der Waals surface area contributed by atoms with Crippen LogP contribution < -0.4 is 11.1 Å². The van der Waals surface area contributed by atoms with Crippen LogP contribution in [0.15, 0.2) is 24.5 Å². The molecule has 1 fully saturated rings. The number of pyridine rings is 1. The van der Waals surface area contributed by atoms with Crippen LogP contribution >= 0.6 is 0 Å². The van der Waals surface area contributed by atoms with E-state index in [1.807, 2.05) is 12.1 Å². The van der Waals surface area contributed by atoms with E-state index in [4.69, 9.17) is 10.5 Å². The summed E-state index contributed by atoms with van der Waals surface area (Å²) >= 11 is 0. The first kappa shape index (κ1) is 13.7. The first-order valence-corrected chi connectivity index (χ1v) is 6.89. The second-order valence-electron chi connectivity index (χ2n) is 5.21. The number of hydrogen-bond donors (Lipinski definition) is 2. The number of amides is 1. The van der Waals surface area contributed by atoms with Crippen molar-refractivity contribution in [2.75, 3.05) is 25.1 Å². The lowest BCUT2D eigenvalue weighted by atomic mass is 9.79. The molecule has 21 heavy (non-hydrogen) atoms. The summed E-state index contributed by atoms with van der Waals surface area (Å²) in [6.07, 6.45) is 4.48. The summed E-state index contributed by atoms with van der Waals surface area (Å²) < 4.78 is 5.32. The van der Waals surface area contributed by atoms with Gasteiger partial charge in [-0.15, -0.1) is 0 Å². The third-order valence-electron chi connectivity index (χ3n) is 3.91. The summed E-state index contributed by atoms with van der Waals surface area (Å²) in [4.78, 5) is 24.5. The van der Waals surface area contributed by atoms with Crippen LogP contribution in [0.5, 0.6) is 0 Å². The zero-order valence-electron chi connectivity index (χ0n) is 11.6. The van der Waals surface area contributed by atoms with Gasteiger partial charge in [0.25, 0.3) is 0 Å². The second kappa shape index (κ2) is 5.61. The Labute approximate surface area is 121 Å². The molecule has 1 saturated heterocycles. The molecule has 3 N–H and O–H groups in total. The average molecular weight is 287 g/mol. The monoisotopic (exact) mass is 287 g/mol. The summed E-state index contributed by atoms with van der Waals surface area (Å²) in [5, 5.41) is 3.19. The van der Waals surface area contributed by atoms with Gasteiger partial charge in [0.1, 0.15) is 11.3 Å². The number of anilines is 1. The summed E-state index contributed by atoms with van der Waals surface area (Å²) in [6.45, 7) is 1.56. The lowest BCUT2D eigenvalue weighted by Gasteiger charge is -2.34. The van der Waals surface area contributed by atoms with Gasteiger partial charge in [-0.2, -0.15) is 0 Å². The Morgan fingerprint density at radius 2 is 2.05 bits per heavy atom. The summed E-state index contributed by atoms with van der Waals surface area (Å²) in [6, 6.07) is 3.67. The van der Waals surface area contributed by atoms with Crippen molar-refractivity contribution >= 4 is 22.9 Å². The van der Waals surface area contributed by atoms with E-state index in [1.165, 1.54) is 0 Å². The van der Waals surface area contributed by atoms with Crippen molar-refractivity contribution < 1.29 is 9.53 Å². The molecule has 1 aliphatic heterocycles. The Morgan fingerprint density at radius 3 is 2.81 bits per heavy atom. The van der Waals surface area contributed by atoms with E-state index in [0.29, 0.717) is 44.1 Å². The van der Waals surface area contributed by atoms with E-state index in [9.17, 15) is 4.79 Å². The van der Waals surface area contributed by atoms with Crippen molar-refractivity contribution in [2.45, 2.75) is 12.8 Å². The molecule has 0 saturated carbocycles. The number of fused-ring (bicyclic) bond motifs is 1. The van der Waals surface area contributed by atoms with Crippen LogP contribution in [-0.4, -0.2) is 40.6 Å². The molecule has 0 unspecified atom stereocenters. The van der Waals surface area contributed by atoms with Gasteiger partial charge in [0, 0.05) is 32.2 Å². The highest BCUT2D eigenvalue weighted by Gasteiger charge is 2.38. The molecule has 1 amide bonds. The van der Waals surface area contributed by atoms with E-state index in [-0.39, 0.29) is 5.91 Å². The number of aromatic nitrogens is 3. The third kappa shape index (κ3) is 2.78. The number of rotatable bonds is 4. The number of nitrogens with zero attached hydrogens (tertiary/aromatic N) is 3. The predicted molar refractivity (Wildman–Crippen MR) is 77.5 cm³/mol. The fourth-order valence-corrected chi connectivity index (χ4v) is 2.49. The number of nitrogens with one attached hydrogen (secondary N) is 1. The molecule has 0 aromatic carbocycles. The molecule has 7 heteroatoms. The fraction of sp³-hybridized carbons (Fsp3) is 0.429. The maximum atomic E-state index is 11.8. The molecule has 0 radical (unpaired) electrons. The average Bonchev–Trinajstić information content (AvgIpc) is 2.53. The van der Waals surface area contributed by atoms with Gasteiger partial charge < -0.3 is 15.8 Å². The Bertz CT molecular complexity index is 655. The Kier molecular flexibility index (Phi) is 3.66. The minimum Gasteiger partial charge on any atom is -0.381 e. The number of nitrogens with two attached hydrogens (primary N) is 1. The molecule has 0 spiro atoms. The largest absolute Gasteiger partial charge is 0.381 e. The quantitative estimate of drug-likeness (QED) is 0.858. The molecule has 3 heterocycles. The zero-order valence-corrected chi connectivity index (χ0v) is 11.6. The van der Waals surface area contributed by atoms with Crippen LogP contribution in [0.25, 0.3) is 11.2 Å². The topological polar surface area (TPSA) is 103 Å². The van der Waals surface area contributed by atoms with Crippen LogP contribution in [0.4, 0.5) is 5.82 Å². The molecule has 7 nitrogen and oxygen atoms in total. The number of carbonyl (C=O) groups excluding carboxylic acids is 1. The Balaban J connectivity index is 1.76. The van der Waals surface area contributed by atoms with Crippen molar-refractivity contribution in [3.05, 3.63) is 24.5 Å². The minimum atomic E-state index is -0.572. The molecule has 0 atom stereocenters. The van der Waals surface area contributed by atoms with Crippen LogP contribution in [0.2, 0.25) is 0 Å². The van der Waals surface area contributed by atoms with E-state index >= 15 is 0 Å². The summed E-state index contributed by atoms with van der Waals surface area (Å²) in [5.41, 5.74) is 6.31. The van der Waals surface area contributed by atoms with Gasteiger partial charge in [0.2, 0.25) is 5.91 Å².